The summed E-state index contributed by atoms with van der Waals surface area (Å²) in [5, 5.41) is 0. The number of rotatable bonds is 2. The molecule has 21 heavy (non-hydrogen) atoms. The largest absolute Gasteiger partial charge is 0.474 e. The van der Waals surface area contributed by atoms with Gasteiger partial charge in [0.25, 0.3) is 0 Å². The van der Waals surface area contributed by atoms with Crippen molar-refractivity contribution in [2.45, 2.75) is 37.0 Å². The Morgan fingerprint density at radius 3 is 2.62 bits per heavy atom. The molecular weight excluding hydrogens is 284 g/mol. The zero-order chi connectivity index (χ0) is 15.0. The standard InChI is InChI=1S/C17H18O3S/c1-12-6-5-9-16(13(12)2)21(18,19)17-11-10-14-7-3-4-8-15(14)20-17/h3-9,17H,10-11H2,1-2H3. The maximum Gasteiger partial charge on any atom is 0.216 e. The molecule has 1 unspecified atom stereocenters. The fourth-order valence-electron chi connectivity index (χ4n) is 2.69. The van der Waals surface area contributed by atoms with E-state index in [2.05, 4.69) is 0 Å². The minimum atomic E-state index is -3.48. The summed E-state index contributed by atoms with van der Waals surface area (Å²) < 4.78 is 31.4. The van der Waals surface area contributed by atoms with Crippen molar-refractivity contribution in [1.82, 2.24) is 0 Å². The van der Waals surface area contributed by atoms with Gasteiger partial charge < -0.3 is 4.74 Å². The molecule has 1 heterocycles. The molecule has 0 saturated heterocycles. The average Bonchev–Trinajstić information content (AvgIpc) is 2.49. The Morgan fingerprint density at radius 1 is 1.05 bits per heavy atom. The smallest absolute Gasteiger partial charge is 0.216 e. The minimum absolute atomic E-state index is 0.381. The molecule has 0 bridgehead atoms. The van der Waals surface area contributed by atoms with E-state index in [4.69, 9.17) is 4.74 Å². The van der Waals surface area contributed by atoms with Gasteiger partial charge in [0.15, 0.2) is 0 Å². The molecule has 4 heteroatoms. The van der Waals surface area contributed by atoms with Crippen molar-refractivity contribution in [1.29, 1.82) is 0 Å². The van der Waals surface area contributed by atoms with Crippen LogP contribution in [0, 0.1) is 13.8 Å². The number of para-hydroxylation sites is 1. The van der Waals surface area contributed by atoms with Gasteiger partial charge in [0.2, 0.25) is 15.3 Å². The van der Waals surface area contributed by atoms with Crippen molar-refractivity contribution in [3.05, 3.63) is 59.2 Å². The first-order valence-corrected chi connectivity index (χ1v) is 8.59. The predicted octanol–water partition coefficient (Wildman–Crippen LogP) is 3.43. The Hall–Kier alpha value is -1.81. The minimum Gasteiger partial charge on any atom is -0.474 e. The van der Waals surface area contributed by atoms with Crippen molar-refractivity contribution in [2.75, 3.05) is 0 Å². The second-order valence-electron chi connectivity index (χ2n) is 5.44. The van der Waals surface area contributed by atoms with Crippen LogP contribution >= 0.6 is 0 Å². The van der Waals surface area contributed by atoms with Crippen molar-refractivity contribution in [3.63, 3.8) is 0 Å². The van der Waals surface area contributed by atoms with Crippen LogP contribution < -0.4 is 4.74 Å². The van der Waals surface area contributed by atoms with Gasteiger partial charge in [0.1, 0.15) is 5.75 Å². The van der Waals surface area contributed by atoms with E-state index < -0.39 is 15.3 Å². The monoisotopic (exact) mass is 302 g/mol. The molecular formula is C17H18O3S. The van der Waals surface area contributed by atoms with Crippen LogP contribution in [0.3, 0.4) is 0 Å². The van der Waals surface area contributed by atoms with Crippen LogP contribution in [0.4, 0.5) is 0 Å². The Balaban J connectivity index is 1.99. The highest BCUT2D eigenvalue weighted by Crippen LogP contribution is 2.32. The van der Waals surface area contributed by atoms with E-state index in [-0.39, 0.29) is 0 Å². The van der Waals surface area contributed by atoms with E-state index in [1.807, 2.05) is 44.2 Å². The second kappa shape index (κ2) is 5.19. The van der Waals surface area contributed by atoms with Crippen LogP contribution in [-0.2, 0) is 16.3 Å². The molecule has 110 valence electrons. The van der Waals surface area contributed by atoms with Gasteiger partial charge in [-0.05, 0) is 49.1 Å². The third-order valence-corrected chi connectivity index (χ3v) is 6.17. The first-order chi connectivity index (χ1) is 10.00. The molecule has 3 rings (SSSR count). The van der Waals surface area contributed by atoms with Crippen molar-refractivity contribution >= 4 is 9.84 Å². The van der Waals surface area contributed by atoms with E-state index in [0.29, 0.717) is 17.1 Å². The molecule has 1 atom stereocenters. The molecule has 1 aliphatic rings. The summed E-state index contributed by atoms with van der Waals surface area (Å²) in [4.78, 5) is 0.381. The zero-order valence-electron chi connectivity index (χ0n) is 12.2. The molecule has 0 aromatic heterocycles. The summed E-state index contributed by atoms with van der Waals surface area (Å²) in [5.74, 6) is 0.683. The fraction of sp³-hybridized carbons (Fsp3) is 0.294. The summed E-state index contributed by atoms with van der Waals surface area (Å²) in [6.45, 7) is 3.77. The van der Waals surface area contributed by atoms with Gasteiger partial charge in [0.05, 0.1) is 4.90 Å². The van der Waals surface area contributed by atoms with Gasteiger partial charge in [-0.25, -0.2) is 8.42 Å². The molecule has 0 spiro atoms. The first-order valence-electron chi connectivity index (χ1n) is 7.05. The molecule has 0 radical (unpaired) electrons. The van der Waals surface area contributed by atoms with E-state index in [1.54, 1.807) is 12.1 Å². The maximum atomic E-state index is 12.8. The van der Waals surface area contributed by atoms with Crippen molar-refractivity contribution < 1.29 is 13.2 Å². The van der Waals surface area contributed by atoms with Crippen LogP contribution in [0.2, 0.25) is 0 Å². The lowest BCUT2D eigenvalue weighted by molar-refractivity contribution is 0.242. The number of benzene rings is 2. The third-order valence-electron chi connectivity index (χ3n) is 4.09. The number of hydrogen-bond acceptors (Lipinski definition) is 3. The Morgan fingerprint density at radius 2 is 1.81 bits per heavy atom. The number of fused-ring (bicyclic) bond motifs is 1. The highest BCUT2D eigenvalue weighted by Gasteiger charge is 2.33. The van der Waals surface area contributed by atoms with Crippen LogP contribution in [0.5, 0.6) is 5.75 Å². The van der Waals surface area contributed by atoms with Crippen molar-refractivity contribution in [2.24, 2.45) is 0 Å². The SMILES string of the molecule is Cc1cccc(S(=O)(=O)C2CCc3ccccc3O2)c1C. The Bertz CT molecular complexity index is 778. The molecule has 0 amide bonds. The molecule has 2 aromatic rings. The van der Waals surface area contributed by atoms with Gasteiger partial charge in [-0.2, -0.15) is 0 Å². The summed E-state index contributed by atoms with van der Waals surface area (Å²) >= 11 is 0. The van der Waals surface area contributed by atoms with E-state index in [0.717, 1.165) is 23.1 Å². The van der Waals surface area contributed by atoms with Crippen LogP contribution in [-0.4, -0.2) is 13.9 Å². The first kappa shape index (κ1) is 14.1. The lowest BCUT2D eigenvalue weighted by Crippen LogP contribution is -2.32. The van der Waals surface area contributed by atoms with Gasteiger partial charge in [-0.15, -0.1) is 0 Å². The van der Waals surface area contributed by atoms with Crippen LogP contribution in [0.25, 0.3) is 0 Å². The van der Waals surface area contributed by atoms with E-state index >= 15 is 0 Å². The number of ether oxygens (including phenoxy) is 1. The van der Waals surface area contributed by atoms with Crippen LogP contribution in [0.1, 0.15) is 23.1 Å². The van der Waals surface area contributed by atoms with Gasteiger partial charge in [0, 0.05) is 6.42 Å². The molecule has 1 aliphatic heterocycles. The molecule has 3 nitrogen and oxygen atoms in total. The predicted molar refractivity (Wildman–Crippen MR) is 82.3 cm³/mol. The number of hydrogen-bond donors (Lipinski definition) is 0. The molecule has 2 aromatic carbocycles. The highest BCUT2D eigenvalue weighted by molar-refractivity contribution is 7.92. The Kier molecular flexibility index (Phi) is 3.49. The quantitative estimate of drug-likeness (QED) is 0.853. The highest BCUT2D eigenvalue weighted by atomic mass is 32.2. The number of aryl methyl sites for hydroxylation is 2. The topological polar surface area (TPSA) is 43.4 Å². The van der Waals surface area contributed by atoms with Gasteiger partial charge in [-0.3, -0.25) is 0 Å². The lowest BCUT2D eigenvalue weighted by atomic mass is 10.1. The van der Waals surface area contributed by atoms with Crippen molar-refractivity contribution in [3.8, 4) is 5.75 Å². The van der Waals surface area contributed by atoms with Crippen LogP contribution in [0.15, 0.2) is 47.4 Å². The molecule has 0 fully saturated rings. The maximum absolute atomic E-state index is 12.8. The third kappa shape index (κ3) is 2.44. The summed E-state index contributed by atoms with van der Waals surface area (Å²) in [6.07, 6.45) is 1.22. The van der Waals surface area contributed by atoms with Gasteiger partial charge in [-0.1, -0.05) is 30.3 Å². The van der Waals surface area contributed by atoms with E-state index in [9.17, 15) is 8.42 Å². The summed E-state index contributed by atoms with van der Waals surface area (Å²) in [6, 6.07) is 13.0. The zero-order valence-corrected chi connectivity index (χ0v) is 13.0. The molecule has 0 N–H and O–H groups in total. The van der Waals surface area contributed by atoms with Gasteiger partial charge >= 0.3 is 0 Å². The fourth-order valence-corrected chi connectivity index (χ4v) is 4.49. The number of sulfone groups is 1. The normalized spacial score (nSPS) is 17.9. The summed E-state index contributed by atoms with van der Waals surface area (Å²) in [5.41, 5.74) is 2.06. The average molecular weight is 302 g/mol. The molecule has 0 saturated carbocycles. The lowest BCUT2D eigenvalue weighted by Gasteiger charge is -2.26. The Labute approximate surface area is 125 Å². The summed E-state index contributed by atoms with van der Waals surface area (Å²) in [7, 11) is -3.48. The molecule has 0 aliphatic carbocycles. The second-order valence-corrected chi connectivity index (χ2v) is 7.49. The van der Waals surface area contributed by atoms with E-state index in [1.165, 1.54) is 0 Å².